The number of ether oxygens (including phenoxy) is 1. The number of benzene rings is 5. The van der Waals surface area contributed by atoms with Crippen LogP contribution in [0.3, 0.4) is 0 Å². The number of aromatic nitrogens is 3. The van der Waals surface area contributed by atoms with Crippen LogP contribution in [0.2, 0.25) is 18.6 Å². The smallest absolute Gasteiger partial charge is 0.264 e. The minimum absolute atomic E-state index is 0.0571. The van der Waals surface area contributed by atoms with Gasteiger partial charge in [-0.25, -0.2) is 0 Å². The lowest BCUT2D eigenvalue weighted by Gasteiger charge is -2.32. The fourth-order valence-electron chi connectivity index (χ4n) is 9.48. The second-order valence-electron chi connectivity index (χ2n) is 15.7. The van der Waals surface area contributed by atoms with Gasteiger partial charge in [-0.15, -0.1) is 5.10 Å². The molecule has 0 saturated carbocycles. The van der Waals surface area contributed by atoms with Crippen molar-refractivity contribution in [2.75, 3.05) is 16.4 Å². The van der Waals surface area contributed by atoms with Crippen LogP contribution in [0.5, 0.6) is 0 Å². The molecular formula is C44H42BrN5O5Si. The van der Waals surface area contributed by atoms with Crippen LogP contribution in [-0.4, -0.2) is 57.7 Å². The van der Waals surface area contributed by atoms with E-state index in [9.17, 15) is 14.7 Å². The predicted molar refractivity (Wildman–Crippen MR) is 221 cm³/mol. The van der Waals surface area contributed by atoms with Crippen molar-refractivity contribution in [1.82, 2.24) is 15.0 Å². The van der Waals surface area contributed by atoms with E-state index in [1.54, 1.807) is 14.5 Å². The highest BCUT2D eigenvalue weighted by Crippen LogP contribution is 2.60. The third-order valence-electron chi connectivity index (χ3n) is 12.0. The number of amides is 2. The number of fused-ring (bicyclic) bond motifs is 2. The third-order valence-corrected chi connectivity index (χ3v) is 15.0. The number of anilines is 3. The average molecular weight is 829 g/mol. The summed E-state index contributed by atoms with van der Waals surface area (Å²) in [4.78, 5) is 44.0. The summed E-state index contributed by atoms with van der Waals surface area (Å²) >= 11 is 3.66. The minimum Gasteiger partial charge on any atom is -0.432 e. The van der Waals surface area contributed by atoms with Crippen LogP contribution < -0.4 is 9.80 Å². The highest BCUT2D eigenvalue weighted by atomic mass is 79.9. The van der Waals surface area contributed by atoms with E-state index < -0.39 is 20.0 Å². The van der Waals surface area contributed by atoms with Crippen molar-refractivity contribution in [3.63, 3.8) is 0 Å². The molecule has 56 heavy (non-hydrogen) atoms. The molecule has 1 unspecified atom stereocenters. The van der Waals surface area contributed by atoms with Crippen LogP contribution in [0.15, 0.2) is 120 Å². The van der Waals surface area contributed by atoms with Gasteiger partial charge in [0.25, 0.3) is 11.8 Å². The van der Waals surface area contributed by atoms with Gasteiger partial charge in [-0.3, -0.25) is 19.2 Å². The molecular weight excluding hydrogens is 787 g/mol. The fourth-order valence-corrected chi connectivity index (χ4v) is 12.4. The first-order chi connectivity index (χ1) is 27.0. The Labute approximate surface area is 334 Å². The first kappa shape index (κ1) is 36.6. The van der Waals surface area contributed by atoms with E-state index in [1.165, 1.54) is 0 Å². The lowest BCUT2D eigenvalue weighted by atomic mass is 9.82. The SMILES string of the molecule is C[C@@H]1[C@@H]([Si](C)(C)O)[C@H](CCn2cc(C(CO)c3ccccc3)nn2)O[C@@]12C(=O)N(Cc1ccc(N3C(=O)c4cccc5cccc3c45)cc1)c1ccc(Br)cc12. The van der Waals surface area contributed by atoms with Gasteiger partial charge in [0.15, 0.2) is 13.9 Å². The first-order valence-corrected chi connectivity index (χ1v) is 22.8. The molecule has 3 aliphatic heterocycles. The Kier molecular flexibility index (Phi) is 9.09. The van der Waals surface area contributed by atoms with Gasteiger partial charge in [-0.1, -0.05) is 94.8 Å². The molecule has 3 aliphatic rings. The molecule has 4 heterocycles. The Balaban J connectivity index is 0.985. The number of aryl methyl sites for hydroxylation is 1. The Hall–Kier alpha value is -4.98. The molecule has 1 aromatic heterocycles. The first-order valence-electron chi connectivity index (χ1n) is 19.0. The molecule has 284 valence electrons. The molecule has 5 aromatic carbocycles. The zero-order chi connectivity index (χ0) is 38.9. The molecule has 9 rings (SSSR count). The normalized spacial score (nSPS) is 22.1. The molecule has 1 fully saturated rings. The van der Waals surface area contributed by atoms with Crippen LogP contribution in [0.1, 0.15) is 52.0 Å². The van der Waals surface area contributed by atoms with Gasteiger partial charge in [0.05, 0.1) is 47.8 Å². The summed E-state index contributed by atoms with van der Waals surface area (Å²) < 4.78 is 9.66. The summed E-state index contributed by atoms with van der Waals surface area (Å²) in [6.45, 7) is 6.56. The quantitative estimate of drug-likeness (QED) is 0.134. The molecule has 2 N–H and O–H groups in total. The lowest BCUT2D eigenvalue weighted by molar-refractivity contribution is -0.146. The zero-order valence-electron chi connectivity index (χ0n) is 31.3. The maximum Gasteiger partial charge on any atom is 0.264 e. The van der Waals surface area contributed by atoms with Crippen molar-refractivity contribution in [1.29, 1.82) is 0 Å². The number of carbonyl (C=O) groups is 2. The van der Waals surface area contributed by atoms with Gasteiger partial charge >= 0.3 is 0 Å². The van der Waals surface area contributed by atoms with Gasteiger partial charge in [0.1, 0.15) is 0 Å². The summed E-state index contributed by atoms with van der Waals surface area (Å²) in [5.41, 5.74) is 4.88. The van der Waals surface area contributed by atoms with Crippen molar-refractivity contribution < 1.29 is 24.2 Å². The number of aliphatic hydroxyl groups excluding tert-OH is 1. The number of hydrogen-bond donors (Lipinski definition) is 2. The van der Waals surface area contributed by atoms with Gasteiger partial charge in [0, 0.05) is 45.3 Å². The Morgan fingerprint density at radius 1 is 0.929 bits per heavy atom. The van der Waals surface area contributed by atoms with E-state index in [0.29, 0.717) is 30.8 Å². The summed E-state index contributed by atoms with van der Waals surface area (Å²) in [7, 11) is -2.89. The fraction of sp³-hybridized carbons (Fsp3) is 0.273. The number of nitrogens with zero attached hydrogens (tertiary/aromatic N) is 5. The van der Waals surface area contributed by atoms with Crippen molar-refractivity contribution in [2.24, 2.45) is 5.92 Å². The van der Waals surface area contributed by atoms with E-state index in [0.717, 1.165) is 49.0 Å². The molecule has 2 amide bonds. The van der Waals surface area contributed by atoms with Crippen LogP contribution in [0.4, 0.5) is 17.1 Å². The van der Waals surface area contributed by atoms with Crippen molar-refractivity contribution >= 4 is 63.9 Å². The molecule has 0 aliphatic carbocycles. The highest BCUT2D eigenvalue weighted by molar-refractivity contribution is 9.10. The molecule has 0 radical (unpaired) electrons. The zero-order valence-corrected chi connectivity index (χ0v) is 33.9. The van der Waals surface area contributed by atoms with Crippen molar-refractivity contribution in [2.45, 2.75) is 62.7 Å². The second kappa shape index (κ2) is 13.9. The average Bonchev–Trinajstić information content (AvgIpc) is 3.92. The molecule has 10 nitrogen and oxygen atoms in total. The predicted octanol–water partition coefficient (Wildman–Crippen LogP) is 8.04. The molecule has 12 heteroatoms. The topological polar surface area (TPSA) is 121 Å². The van der Waals surface area contributed by atoms with Gasteiger partial charge < -0.3 is 19.5 Å². The van der Waals surface area contributed by atoms with Crippen LogP contribution in [0, 0.1) is 5.92 Å². The number of carbonyl (C=O) groups excluding carboxylic acids is 2. The summed E-state index contributed by atoms with van der Waals surface area (Å²) in [6.07, 6.45) is 1.95. The van der Waals surface area contributed by atoms with E-state index >= 15 is 4.79 Å². The maximum atomic E-state index is 15.0. The number of halogens is 1. The molecule has 1 spiro atoms. The van der Waals surface area contributed by atoms with Gasteiger partial charge in [-0.2, -0.15) is 0 Å². The molecule has 6 aromatic rings. The second-order valence-corrected chi connectivity index (χ2v) is 20.6. The van der Waals surface area contributed by atoms with Crippen molar-refractivity contribution in [3.05, 3.63) is 148 Å². The monoisotopic (exact) mass is 827 g/mol. The van der Waals surface area contributed by atoms with E-state index in [-0.39, 0.29) is 35.8 Å². The number of rotatable bonds is 10. The standard InChI is InChI=1S/C44H42BrN5O5Si/c1-27-41(56(2,3)54)39(21-22-48-25-36(46-47-48)34(26-51)29-9-5-4-6-10-29)55-44(27)35-23-31(45)17-20-37(35)49(43(44)53)24-28-15-18-32(19-16-28)50-38-14-8-12-30-11-7-13-33(40(30)38)42(50)52/h4-20,23,25,27,34,39,41,51,54H,21-22,24,26H2,1-3H3/t27-,34?,39+,41-,44+/m1/s1. The van der Waals surface area contributed by atoms with Crippen LogP contribution in [-0.2, 0) is 28.2 Å². The summed E-state index contributed by atoms with van der Waals surface area (Å²) in [5, 5.41) is 21.0. The lowest BCUT2D eigenvalue weighted by Crippen LogP contribution is -2.46. The van der Waals surface area contributed by atoms with Crippen molar-refractivity contribution in [3.8, 4) is 0 Å². The number of aliphatic hydroxyl groups is 1. The summed E-state index contributed by atoms with van der Waals surface area (Å²) in [5.74, 6) is -0.823. The van der Waals surface area contributed by atoms with E-state index in [1.807, 2.05) is 135 Å². The highest BCUT2D eigenvalue weighted by Gasteiger charge is 2.66. The molecule has 1 saturated heterocycles. The maximum absolute atomic E-state index is 15.0. The summed E-state index contributed by atoms with van der Waals surface area (Å²) in [6, 6.07) is 35.2. The van der Waals surface area contributed by atoms with E-state index in [4.69, 9.17) is 4.74 Å². The largest absolute Gasteiger partial charge is 0.432 e. The van der Waals surface area contributed by atoms with E-state index in [2.05, 4.69) is 26.2 Å². The number of hydrogen-bond acceptors (Lipinski definition) is 7. The molecule has 5 atom stereocenters. The van der Waals surface area contributed by atoms with Crippen LogP contribution >= 0.6 is 15.9 Å². The Bertz CT molecular complexity index is 2480. The Morgan fingerprint density at radius 2 is 1.68 bits per heavy atom. The Morgan fingerprint density at radius 3 is 2.41 bits per heavy atom. The van der Waals surface area contributed by atoms with Gasteiger partial charge in [-0.05, 0) is 78.5 Å². The van der Waals surface area contributed by atoms with Crippen LogP contribution in [0.25, 0.3) is 10.8 Å². The minimum atomic E-state index is -2.89. The van der Waals surface area contributed by atoms with Gasteiger partial charge in [0.2, 0.25) is 0 Å². The molecule has 0 bridgehead atoms. The third kappa shape index (κ3) is 5.85.